The third kappa shape index (κ3) is 5.15. The highest BCUT2D eigenvalue weighted by Gasteiger charge is 2.15. The van der Waals surface area contributed by atoms with E-state index < -0.39 is 17.7 Å². The van der Waals surface area contributed by atoms with Crippen molar-refractivity contribution in [3.05, 3.63) is 41.6 Å². The van der Waals surface area contributed by atoms with Gasteiger partial charge in [-0.2, -0.15) is 0 Å². The number of alkyl carbamates (subject to hydrolysis) is 1. The molecule has 1 aromatic carbocycles. The van der Waals surface area contributed by atoms with Crippen LogP contribution in [0.5, 0.6) is 0 Å². The molecule has 6 heteroatoms. The number of aliphatic carboxylic acids is 1. The summed E-state index contributed by atoms with van der Waals surface area (Å²) in [5, 5.41) is 12.4. The number of carbonyl (C=O) groups excluding carboxylic acids is 1. The van der Waals surface area contributed by atoms with Gasteiger partial charge in [0.25, 0.3) is 0 Å². The predicted molar refractivity (Wildman–Crippen MR) is 92.9 cm³/mol. The summed E-state index contributed by atoms with van der Waals surface area (Å²) in [6, 6.07) is 5.68. The zero-order valence-corrected chi connectivity index (χ0v) is 14.1. The first-order chi connectivity index (χ1) is 11.2. The average Bonchev–Trinajstić information content (AvgIpc) is 2.86. The molecule has 0 saturated carbocycles. The number of fused-ring (bicyclic) bond motifs is 1. The van der Waals surface area contributed by atoms with Crippen LogP contribution in [0.3, 0.4) is 0 Å². The summed E-state index contributed by atoms with van der Waals surface area (Å²) in [7, 11) is 0. The van der Waals surface area contributed by atoms with Crippen molar-refractivity contribution in [2.24, 2.45) is 0 Å². The largest absolute Gasteiger partial charge is 0.478 e. The van der Waals surface area contributed by atoms with Crippen LogP contribution < -0.4 is 5.32 Å². The van der Waals surface area contributed by atoms with Gasteiger partial charge < -0.3 is 20.1 Å². The minimum Gasteiger partial charge on any atom is -0.478 e. The number of aromatic amines is 1. The summed E-state index contributed by atoms with van der Waals surface area (Å²) < 4.78 is 5.20. The summed E-state index contributed by atoms with van der Waals surface area (Å²) >= 11 is 0. The second-order valence-corrected chi connectivity index (χ2v) is 6.47. The molecule has 0 spiro atoms. The standard InChI is InChI=1S/C18H22N2O4/c1-18(2,3)24-17(23)19-9-8-13-11-20-15-6-4-12(10-14(13)15)5-7-16(21)22/h4-7,10-11,20H,8-9H2,1-3H3,(H,19,23)(H,21,22)/b7-5+. The second kappa shape index (κ2) is 7.21. The lowest BCUT2D eigenvalue weighted by Gasteiger charge is -2.19. The van der Waals surface area contributed by atoms with Crippen LogP contribution in [0.4, 0.5) is 4.79 Å². The van der Waals surface area contributed by atoms with E-state index in [1.807, 2.05) is 45.2 Å². The summed E-state index contributed by atoms with van der Waals surface area (Å²) in [6.07, 6.45) is 4.76. The first-order valence-electron chi connectivity index (χ1n) is 7.72. The Hall–Kier alpha value is -2.76. The van der Waals surface area contributed by atoms with Crippen LogP contribution in [0.2, 0.25) is 0 Å². The average molecular weight is 330 g/mol. The number of aromatic nitrogens is 1. The van der Waals surface area contributed by atoms with E-state index in [9.17, 15) is 9.59 Å². The van der Waals surface area contributed by atoms with Crippen molar-refractivity contribution in [1.82, 2.24) is 10.3 Å². The number of rotatable bonds is 5. The smallest absolute Gasteiger partial charge is 0.407 e. The second-order valence-electron chi connectivity index (χ2n) is 6.47. The van der Waals surface area contributed by atoms with Crippen LogP contribution in [0, 0.1) is 0 Å². The van der Waals surface area contributed by atoms with Crippen molar-refractivity contribution in [2.75, 3.05) is 6.54 Å². The Balaban J connectivity index is 2.03. The van der Waals surface area contributed by atoms with Crippen LogP contribution in [-0.4, -0.2) is 34.3 Å². The number of amides is 1. The Morgan fingerprint density at radius 3 is 2.75 bits per heavy atom. The third-order valence-corrected chi connectivity index (χ3v) is 3.27. The van der Waals surface area contributed by atoms with E-state index in [1.165, 1.54) is 0 Å². The van der Waals surface area contributed by atoms with Crippen LogP contribution in [-0.2, 0) is 16.0 Å². The molecule has 0 radical (unpaired) electrons. The van der Waals surface area contributed by atoms with Crippen molar-refractivity contribution in [2.45, 2.75) is 32.8 Å². The summed E-state index contributed by atoms with van der Waals surface area (Å²) in [6.45, 7) is 5.91. The number of hydrogen-bond acceptors (Lipinski definition) is 3. The lowest BCUT2D eigenvalue weighted by atomic mass is 10.1. The SMILES string of the molecule is CC(C)(C)OC(=O)NCCc1c[nH]c2ccc(/C=C/C(=O)O)cc12. The van der Waals surface area contributed by atoms with Gasteiger partial charge in [0.1, 0.15) is 5.60 Å². The normalized spacial score (nSPS) is 11.8. The predicted octanol–water partition coefficient (Wildman–Crippen LogP) is 3.33. The Bertz CT molecular complexity index is 769. The molecule has 0 aliphatic rings. The number of H-pyrrole nitrogens is 1. The van der Waals surface area contributed by atoms with Crippen LogP contribution in [0.25, 0.3) is 17.0 Å². The number of hydrogen-bond donors (Lipinski definition) is 3. The number of carboxylic acids is 1. The highest BCUT2D eigenvalue weighted by atomic mass is 16.6. The molecule has 24 heavy (non-hydrogen) atoms. The maximum atomic E-state index is 11.6. The van der Waals surface area contributed by atoms with Gasteiger partial charge in [-0.1, -0.05) is 6.07 Å². The molecule has 3 N–H and O–H groups in total. The van der Waals surface area contributed by atoms with E-state index in [2.05, 4.69) is 10.3 Å². The minimum absolute atomic E-state index is 0.438. The number of benzene rings is 1. The van der Waals surface area contributed by atoms with E-state index in [4.69, 9.17) is 9.84 Å². The van der Waals surface area contributed by atoms with E-state index in [0.717, 1.165) is 28.1 Å². The first kappa shape index (κ1) is 17.6. The van der Waals surface area contributed by atoms with Gasteiger partial charge in [-0.3, -0.25) is 0 Å². The highest BCUT2D eigenvalue weighted by Crippen LogP contribution is 2.21. The molecule has 1 amide bonds. The van der Waals surface area contributed by atoms with Gasteiger partial charge in [-0.15, -0.1) is 0 Å². The van der Waals surface area contributed by atoms with Gasteiger partial charge in [0, 0.05) is 29.7 Å². The van der Waals surface area contributed by atoms with E-state index in [-0.39, 0.29) is 0 Å². The van der Waals surface area contributed by atoms with Crippen LogP contribution in [0.15, 0.2) is 30.5 Å². The number of ether oxygens (including phenoxy) is 1. The highest BCUT2D eigenvalue weighted by molar-refractivity contribution is 5.89. The van der Waals surface area contributed by atoms with Gasteiger partial charge in [-0.25, -0.2) is 9.59 Å². The molecule has 0 aliphatic heterocycles. The lowest BCUT2D eigenvalue weighted by Crippen LogP contribution is -2.33. The molecule has 0 saturated heterocycles. The molecular formula is C18H22N2O4. The van der Waals surface area contributed by atoms with Gasteiger partial charge in [-0.05, 0) is 56.5 Å². The monoisotopic (exact) mass is 330 g/mol. The fourth-order valence-electron chi connectivity index (χ4n) is 2.29. The fourth-order valence-corrected chi connectivity index (χ4v) is 2.29. The van der Waals surface area contributed by atoms with Crippen LogP contribution in [0.1, 0.15) is 31.9 Å². The maximum absolute atomic E-state index is 11.6. The van der Waals surface area contributed by atoms with Gasteiger partial charge in [0.05, 0.1) is 0 Å². The zero-order valence-electron chi connectivity index (χ0n) is 14.1. The molecule has 6 nitrogen and oxygen atoms in total. The quantitative estimate of drug-likeness (QED) is 0.733. The molecule has 0 bridgehead atoms. The summed E-state index contributed by atoms with van der Waals surface area (Å²) in [5.41, 5.74) is 2.31. The molecule has 2 rings (SSSR count). The van der Waals surface area contributed by atoms with Crippen LogP contribution >= 0.6 is 0 Å². The first-order valence-corrected chi connectivity index (χ1v) is 7.72. The van der Waals surface area contributed by atoms with Gasteiger partial charge in [0.2, 0.25) is 0 Å². The van der Waals surface area contributed by atoms with Gasteiger partial charge in [0.15, 0.2) is 0 Å². The Morgan fingerprint density at radius 2 is 2.08 bits per heavy atom. The molecule has 1 aromatic heterocycles. The molecule has 0 atom stereocenters. The van der Waals surface area contributed by atoms with Crippen molar-refractivity contribution >= 4 is 29.0 Å². The summed E-state index contributed by atoms with van der Waals surface area (Å²) in [4.78, 5) is 25.4. The number of carbonyl (C=O) groups is 2. The zero-order chi connectivity index (χ0) is 17.7. The van der Waals surface area contributed by atoms with Crippen molar-refractivity contribution in [1.29, 1.82) is 0 Å². The molecule has 1 heterocycles. The van der Waals surface area contributed by atoms with Crippen molar-refractivity contribution < 1.29 is 19.4 Å². The Labute approximate surface area is 140 Å². The lowest BCUT2D eigenvalue weighted by molar-refractivity contribution is -0.131. The van der Waals surface area contributed by atoms with E-state index in [1.54, 1.807) is 6.08 Å². The molecule has 0 unspecified atom stereocenters. The molecule has 0 fully saturated rings. The van der Waals surface area contributed by atoms with Gasteiger partial charge >= 0.3 is 12.1 Å². The Morgan fingerprint density at radius 1 is 1.33 bits per heavy atom. The topological polar surface area (TPSA) is 91.4 Å². The number of nitrogens with one attached hydrogen (secondary N) is 2. The van der Waals surface area contributed by atoms with Crippen molar-refractivity contribution in [3.8, 4) is 0 Å². The molecule has 2 aromatic rings. The van der Waals surface area contributed by atoms with E-state index in [0.29, 0.717) is 13.0 Å². The number of carboxylic acid groups (broad SMARTS) is 1. The maximum Gasteiger partial charge on any atom is 0.407 e. The molecule has 0 aliphatic carbocycles. The van der Waals surface area contributed by atoms with Crippen molar-refractivity contribution in [3.63, 3.8) is 0 Å². The Kier molecular flexibility index (Phi) is 5.28. The molecular weight excluding hydrogens is 308 g/mol. The third-order valence-electron chi connectivity index (χ3n) is 3.27. The summed E-state index contributed by atoms with van der Waals surface area (Å²) in [5.74, 6) is -0.981. The van der Waals surface area contributed by atoms with E-state index >= 15 is 0 Å². The molecule has 128 valence electrons. The minimum atomic E-state index is -0.981. The fraction of sp³-hybridized carbons (Fsp3) is 0.333.